The maximum Gasteiger partial charge on any atom is 0.311 e. The molecule has 2 saturated carbocycles. The molecular formula is C30H31N5O3. The third kappa shape index (κ3) is 5.03. The number of aromatic nitrogens is 4. The van der Waals surface area contributed by atoms with Crippen molar-refractivity contribution in [2.45, 2.75) is 51.5 Å². The predicted octanol–water partition coefficient (Wildman–Crippen LogP) is 5.46. The van der Waals surface area contributed by atoms with Crippen LogP contribution in [0, 0.1) is 11.3 Å². The van der Waals surface area contributed by atoms with E-state index in [1.165, 1.54) is 0 Å². The van der Waals surface area contributed by atoms with Crippen LogP contribution < -0.4 is 0 Å². The van der Waals surface area contributed by atoms with Gasteiger partial charge in [0.05, 0.1) is 5.41 Å². The Morgan fingerprint density at radius 3 is 2.29 bits per heavy atom. The summed E-state index contributed by atoms with van der Waals surface area (Å²) < 4.78 is 0. The number of aromatic amines is 1. The van der Waals surface area contributed by atoms with E-state index in [2.05, 4.69) is 57.0 Å². The second-order valence-corrected chi connectivity index (χ2v) is 10.9. The normalized spacial score (nSPS) is 16.5. The second-order valence-electron chi connectivity index (χ2n) is 10.9. The Bertz CT molecular complexity index is 1460. The molecule has 0 atom stereocenters. The maximum atomic E-state index is 13.2. The van der Waals surface area contributed by atoms with Gasteiger partial charge in [0.25, 0.3) is 0 Å². The number of rotatable bonds is 9. The molecule has 0 bridgehead atoms. The zero-order valence-corrected chi connectivity index (χ0v) is 21.3. The first-order valence-corrected chi connectivity index (χ1v) is 13.4. The number of hydrogen-bond acceptors (Lipinski definition) is 5. The van der Waals surface area contributed by atoms with E-state index in [9.17, 15) is 14.7 Å². The average molecular weight is 510 g/mol. The van der Waals surface area contributed by atoms with Crippen LogP contribution in [-0.2, 0) is 16.1 Å². The zero-order valence-electron chi connectivity index (χ0n) is 21.3. The Kier molecular flexibility index (Phi) is 6.39. The van der Waals surface area contributed by atoms with Crippen LogP contribution in [-0.4, -0.2) is 49.1 Å². The molecule has 0 unspecified atom stereocenters. The molecule has 6 rings (SSSR count). The van der Waals surface area contributed by atoms with E-state index in [0.717, 1.165) is 58.7 Å². The number of amides is 1. The molecule has 0 spiro atoms. The summed E-state index contributed by atoms with van der Waals surface area (Å²) in [6.07, 6.45) is 5.84. The molecule has 2 aliphatic rings. The van der Waals surface area contributed by atoms with E-state index in [0.29, 0.717) is 44.1 Å². The van der Waals surface area contributed by atoms with E-state index in [-0.39, 0.29) is 5.91 Å². The van der Waals surface area contributed by atoms with E-state index < -0.39 is 11.4 Å². The van der Waals surface area contributed by atoms with E-state index >= 15 is 0 Å². The number of nitrogens with one attached hydrogen (secondary N) is 1. The summed E-state index contributed by atoms with van der Waals surface area (Å²) >= 11 is 0. The molecule has 8 heteroatoms. The van der Waals surface area contributed by atoms with Gasteiger partial charge < -0.3 is 10.0 Å². The lowest BCUT2D eigenvalue weighted by Gasteiger charge is -2.32. The topological polar surface area (TPSA) is 112 Å². The third-order valence-electron chi connectivity index (χ3n) is 8.12. The number of carbonyl (C=O) groups is 2. The maximum absolute atomic E-state index is 13.2. The Morgan fingerprint density at radius 2 is 1.61 bits per heavy atom. The molecule has 8 nitrogen and oxygen atoms in total. The molecule has 0 radical (unpaired) electrons. The van der Waals surface area contributed by atoms with Crippen molar-refractivity contribution in [2.24, 2.45) is 11.3 Å². The molecule has 4 aromatic rings. The van der Waals surface area contributed by atoms with Crippen molar-refractivity contribution in [1.29, 1.82) is 0 Å². The van der Waals surface area contributed by atoms with Gasteiger partial charge in [0.2, 0.25) is 11.7 Å². The molecule has 2 N–H and O–H groups in total. The average Bonchev–Trinajstić information content (AvgIpc) is 3.37. The summed E-state index contributed by atoms with van der Waals surface area (Å²) in [5.74, 6) is 0.343. The number of fused-ring (bicyclic) bond motifs is 1. The highest BCUT2D eigenvalue weighted by Gasteiger charge is 2.44. The van der Waals surface area contributed by atoms with E-state index in [1.54, 1.807) is 0 Å². The zero-order chi connectivity index (χ0) is 26.1. The van der Waals surface area contributed by atoms with E-state index in [1.807, 2.05) is 29.2 Å². The molecule has 194 valence electrons. The highest BCUT2D eigenvalue weighted by molar-refractivity contribution is 5.88. The fourth-order valence-electron chi connectivity index (χ4n) is 5.68. The van der Waals surface area contributed by atoms with Crippen molar-refractivity contribution >= 4 is 22.6 Å². The Labute approximate surface area is 221 Å². The van der Waals surface area contributed by atoms with Crippen LogP contribution in [0.1, 0.15) is 50.5 Å². The Balaban J connectivity index is 1.22. The van der Waals surface area contributed by atoms with Gasteiger partial charge >= 0.3 is 5.97 Å². The highest BCUT2D eigenvalue weighted by Crippen LogP contribution is 2.40. The fourth-order valence-corrected chi connectivity index (χ4v) is 5.68. The van der Waals surface area contributed by atoms with Crippen LogP contribution in [0.15, 0.2) is 60.7 Å². The smallest absolute Gasteiger partial charge is 0.311 e. The number of aliphatic carboxylic acids is 1. The number of hydrogen-bond donors (Lipinski definition) is 2. The molecule has 1 aromatic heterocycles. The molecule has 3 aromatic carbocycles. The largest absolute Gasteiger partial charge is 0.481 e. The number of carbonyl (C=O) groups excluding carboxylic acids is 1. The van der Waals surface area contributed by atoms with Gasteiger partial charge in [-0.3, -0.25) is 9.59 Å². The first-order valence-electron chi connectivity index (χ1n) is 13.4. The number of H-pyrrole nitrogens is 1. The van der Waals surface area contributed by atoms with Gasteiger partial charge in [-0.25, -0.2) is 0 Å². The van der Waals surface area contributed by atoms with Crippen LogP contribution >= 0.6 is 0 Å². The fraction of sp³-hybridized carbons (Fsp3) is 0.367. The van der Waals surface area contributed by atoms with Crippen molar-refractivity contribution in [3.63, 3.8) is 0 Å². The first kappa shape index (κ1) is 24.3. The summed E-state index contributed by atoms with van der Waals surface area (Å²) in [6, 6.07) is 20.7. The van der Waals surface area contributed by atoms with Gasteiger partial charge in [0.15, 0.2) is 0 Å². The summed E-state index contributed by atoms with van der Waals surface area (Å²) in [5, 5.41) is 26.4. The number of carboxylic acid groups (broad SMARTS) is 1. The van der Waals surface area contributed by atoms with Gasteiger partial charge in [-0.2, -0.15) is 5.21 Å². The second kappa shape index (κ2) is 10.0. The molecule has 1 amide bonds. The monoisotopic (exact) mass is 509 g/mol. The van der Waals surface area contributed by atoms with Crippen molar-refractivity contribution in [2.75, 3.05) is 6.54 Å². The van der Waals surface area contributed by atoms with Crippen LogP contribution in [0.25, 0.3) is 33.3 Å². The lowest BCUT2D eigenvalue weighted by molar-refractivity contribution is -0.151. The summed E-state index contributed by atoms with van der Waals surface area (Å²) in [4.78, 5) is 27.3. The van der Waals surface area contributed by atoms with Crippen molar-refractivity contribution in [3.8, 4) is 22.5 Å². The standard InChI is InChI=1S/C30H31N5O3/c36-27(16-20-3-4-20)35(19-30(29(37)38)13-1-2-14-30)18-21-5-6-26-17-25(12-11-24(26)15-21)22-7-9-23(10-8-22)28-31-33-34-32-28/h5-12,15,17,20H,1-4,13-14,16,18-19H2,(H,37,38)(H,31,32,33,34). The van der Waals surface area contributed by atoms with Gasteiger partial charge in [-0.1, -0.05) is 61.4 Å². The van der Waals surface area contributed by atoms with Crippen LogP contribution in [0.5, 0.6) is 0 Å². The van der Waals surface area contributed by atoms with Crippen molar-refractivity contribution < 1.29 is 14.7 Å². The molecule has 2 fully saturated rings. The van der Waals surface area contributed by atoms with Crippen LogP contribution in [0.2, 0.25) is 0 Å². The van der Waals surface area contributed by atoms with E-state index in [4.69, 9.17) is 0 Å². The minimum absolute atomic E-state index is 0.0831. The van der Waals surface area contributed by atoms with Gasteiger partial charge in [0.1, 0.15) is 0 Å². The highest BCUT2D eigenvalue weighted by atomic mass is 16.4. The third-order valence-corrected chi connectivity index (χ3v) is 8.12. The van der Waals surface area contributed by atoms with Crippen molar-refractivity contribution in [3.05, 3.63) is 66.2 Å². The quantitative estimate of drug-likeness (QED) is 0.310. The molecule has 0 saturated heterocycles. The van der Waals surface area contributed by atoms with Gasteiger partial charge in [0, 0.05) is 25.1 Å². The lowest BCUT2D eigenvalue weighted by atomic mass is 9.85. The summed E-state index contributed by atoms with van der Waals surface area (Å²) in [6.45, 7) is 0.737. The molecule has 0 aliphatic heterocycles. The van der Waals surface area contributed by atoms with Gasteiger partial charge in [-0.05, 0) is 76.4 Å². The van der Waals surface area contributed by atoms with Crippen molar-refractivity contribution in [1.82, 2.24) is 25.5 Å². The molecule has 2 aliphatic carbocycles. The molecule has 1 heterocycles. The minimum Gasteiger partial charge on any atom is -0.481 e. The number of benzene rings is 3. The molecular weight excluding hydrogens is 478 g/mol. The number of tetrazole rings is 1. The number of carboxylic acids is 1. The number of nitrogens with zero attached hydrogens (tertiary/aromatic N) is 4. The first-order chi connectivity index (χ1) is 18.5. The predicted molar refractivity (Wildman–Crippen MR) is 144 cm³/mol. The lowest BCUT2D eigenvalue weighted by Crippen LogP contribution is -2.44. The van der Waals surface area contributed by atoms with Gasteiger partial charge in [-0.15, -0.1) is 10.2 Å². The summed E-state index contributed by atoms with van der Waals surface area (Å²) in [5.41, 5.74) is 3.31. The van der Waals surface area contributed by atoms with Crippen LogP contribution in [0.4, 0.5) is 0 Å². The SMILES string of the molecule is O=C(CC1CC1)N(Cc1ccc2cc(-c3ccc(-c4nn[nH]n4)cc3)ccc2c1)CC1(C(=O)O)CCCC1. The Hall–Kier alpha value is -4.07. The summed E-state index contributed by atoms with van der Waals surface area (Å²) in [7, 11) is 0. The minimum atomic E-state index is -0.815. The Morgan fingerprint density at radius 1 is 0.921 bits per heavy atom. The molecule has 38 heavy (non-hydrogen) atoms. The van der Waals surface area contributed by atoms with Crippen LogP contribution in [0.3, 0.4) is 0 Å².